The van der Waals surface area contributed by atoms with Crippen LogP contribution in [0.2, 0.25) is 0 Å². The third kappa shape index (κ3) is 2.34. The lowest BCUT2D eigenvalue weighted by Crippen LogP contribution is -2.25. The van der Waals surface area contributed by atoms with E-state index in [1.165, 1.54) is 6.92 Å². The second kappa shape index (κ2) is 4.66. The smallest absolute Gasteiger partial charge is 0.286 e. The number of para-hydroxylation sites is 1. The van der Waals surface area contributed by atoms with Crippen LogP contribution in [0.1, 0.15) is 17.5 Å². The molecule has 1 aromatic heterocycles. The van der Waals surface area contributed by atoms with Crippen LogP contribution < -0.4 is 16.1 Å². The number of nitrogens with zero attached hydrogens (tertiary/aromatic N) is 2. The van der Waals surface area contributed by atoms with E-state index < -0.39 is 11.8 Å². The van der Waals surface area contributed by atoms with Crippen LogP contribution in [0.25, 0.3) is 10.9 Å². The number of nitrogens with two attached hydrogens (primary N) is 1. The Balaban J connectivity index is 2.53. The SMILES string of the molecule is CC(=O)NOc1nc(C(N)=O)nc2ccccc12. The van der Waals surface area contributed by atoms with Crippen molar-refractivity contribution >= 4 is 22.7 Å². The lowest BCUT2D eigenvalue weighted by molar-refractivity contribution is -0.125. The van der Waals surface area contributed by atoms with E-state index in [9.17, 15) is 9.59 Å². The molecule has 2 rings (SSSR count). The highest BCUT2D eigenvalue weighted by Gasteiger charge is 2.12. The summed E-state index contributed by atoms with van der Waals surface area (Å²) in [6, 6.07) is 6.90. The van der Waals surface area contributed by atoms with Crippen molar-refractivity contribution in [2.45, 2.75) is 6.92 Å². The highest BCUT2D eigenvalue weighted by Crippen LogP contribution is 2.21. The third-order valence-electron chi connectivity index (χ3n) is 2.08. The molecule has 1 aromatic carbocycles. The molecule has 0 fully saturated rings. The first-order valence-corrected chi connectivity index (χ1v) is 5.08. The summed E-state index contributed by atoms with van der Waals surface area (Å²) in [5, 5.41) is 0.566. The van der Waals surface area contributed by atoms with E-state index in [0.29, 0.717) is 10.9 Å². The monoisotopic (exact) mass is 246 g/mol. The molecule has 0 aliphatic rings. The van der Waals surface area contributed by atoms with Crippen molar-refractivity contribution in [1.82, 2.24) is 15.4 Å². The molecular weight excluding hydrogens is 236 g/mol. The molecule has 3 N–H and O–H groups in total. The molecule has 0 saturated heterocycles. The average molecular weight is 246 g/mol. The van der Waals surface area contributed by atoms with Crippen LogP contribution in [-0.4, -0.2) is 21.8 Å². The average Bonchev–Trinajstić information content (AvgIpc) is 2.35. The number of hydrogen-bond donors (Lipinski definition) is 2. The Labute approximate surface area is 102 Å². The fraction of sp³-hybridized carbons (Fsp3) is 0.0909. The van der Waals surface area contributed by atoms with Crippen molar-refractivity contribution in [3.8, 4) is 5.88 Å². The number of aromatic nitrogens is 2. The Bertz CT molecular complexity index is 627. The van der Waals surface area contributed by atoms with Gasteiger partial charge in [-0.2, -0.15) is 10.5 Å². The zero-order valence-electron chi connectivity index (χ0n) is 9.51. The zero-order valence-corrected chi connectivity index (χ0v) is 9.51. The number of carbonyl (C=O) groups is 2. The quantitative estimate of drug-likeness (QED) is 0.750. The van der Waals surface area contributed by atoms with E-state index in [-0.39, 0.29) is 11.7 Å². The lowest BCUT2D eigenvalue weighted by atomic mass is 10.2. The minimum absolute atomic E-state index is 0.0737. The van der Waals surface area contributed by atoms with Gasteiger partial charge in [0, 0.05) is 6.92 Å². The van der Waals surface area contributed by atoms with E-state index in [1.54, 1.807) is 24.3 Å². The molecule has 0 unspecified atom stereocenters. The van der Waals surface area contributed by atoms with Gasteiger partial charge in [-0.05, 0) is 12.1 Å². The first-order chi connectivity index (χ1) is 8.58. The minimum atomic E-state index is -0.770. The van der Waals surface area contributed by atoms with Gasteiger partial charge in [-0.1, -0.05) is 12.1 Å². The summed E-state index contributed by atoms with van der Waals surface area (Å²) < 4.78 is 0. The first-order valence-electron chi connectivity index (χ1n) is 5.08. The van der Waals surface area contributed by atoms with Crippen LogP contribution in [0.5, 0.6) is 5.88 Å². The number of rotatable bonds is 3. The lowest BCUT2D eigenvalue weighted by Gasteiger charge is -2.07. The van der Waals surface area contributed by atoms with Gasteiger partial charge in [0.1, 0.15) is 0 Å². The molecule has 2 amide bonds. The Morgan fingerprint density at radius 1 is 1.28 bits per heavy atom. The molecule has 18 heavy (non-hydrogen) atoms. The van der Waals surface area contributed by atoms with Gasteiger partial charge in [-0.25, -0.2) is 4.98 Å². The van der Waals surface area contributed by atoms with Crippen LogP contribution >= 0.6 is 0 Å². The normalized spacial score (nSPS) is 10.1. The van der Waals surface area contributed by atoms with Gasteiger partial charge in [0.2, 0.25) is 11.7 Å². The van der Waals surface area contributed by atoms with E-state index in [0.717, 1.165) is 0 Å². The van der Waals surface area contributed by atoms with Crippen LogP contribution in [0, 0.1) is 0 Å². The molecule has 2 aromatic rings. The zero-order chi connectivity index (χ0) is 13.1. The fourth-order valence-corrected chi connectivity index (χ4v) is 1.36. The predicted octanol–water partition coefficient (Wildman–Crippen LogP) is 0.159. The number of benzene rings is 1. The Morgan fingerprint density at radius 3 is 2.67 bits per heavy atom. The molecule has 0 bridgehead atoms. The standard InChI is InChI=1S/C11H10N4O3/c1-6(16)15-18-11-7-4-2-3-5-8(7)13-10(14-11)9(12)17/h2-5H,1H3,(H2,12,17)(H,15,16). The van der Waals surface area contributed by atoms with Gasteiger partial charge in [-0.3, -0.25) is 9.59 Å². The van der Waals surface area contributed by atoms with E-state index in [1.807, 2.05) is 0 Å². The molecule has 0 radical (unpaired) electrons. The van der Waals surface area contributed by atoms with Crippen molar-refractivity contribution < 1.29 is 14.4 Å². The highest BCUT2D eigenvalue weighted by atomic mass is 16.7. The van der Waals surface area contributed by atoms with Crippen molar-refractivity contribution in [3.63, 3.8) is 0 Å². The van der Waals surface area contributed by atoms with E-state index >= 15 is 0 Å². The summed E-state index contributed by atoms with van der Waals surface area (Å²) in [6.45, 7) is 1.29. The summed E-state index contributed by atoms with van der Waals surface area (Å²) in [5.41, 5.74) is 7.76. The molecule has 0 aliphatic heterocycles. The first kappa shape index (κ1) is 11.8. The van der Waals surface area contributed by atoms with Crippen LogP contribution in [0.3, 0.4) is 0 Å². The van der Waals surface area contributed by atoms with Crippen LogP contribution in [0.4, 0.5) is 0 Å². The number of nitrogens with one attached hydrogen (secondary N) is 1. The maximum absolute atomic E-state index is 11.1. The molecule has 0 aliphatic carbocycles. The largest absolute Gasteiger partial charge is 0.363 e. The van der Waals surface area contributed by atoms with Crippen molar-refractivity contribution in [2.75, 3.05) is 0 Å². The number of hydroxylamine groups is 1. The number of amides is 2. The predicted molar refractivity (Wildman–Crippen MR) is 62.5 cm³/mol. The van der Waals surface area contributed by atoms with Gasteiger partial charge >= 0.3 is 0 Å². The summed E-state index contributed by atoms with van der Waals surface area (Å²) in [7, 11) is 0. The van der Waals surface area contributed by atoms with Gasteiger partial charge in [-0.15, -0.1) is 0 Å². The van der Waals surface area contributed by atoms with E-state index in [2.05, 4.69) is 15.4 Å². The van der Waals surface area contributed by atoms with Crippen molar-refractivity contribution in [2.24, 2.45) is 5.73 Å². The Kier molecular flexibility index (Phi) is 3.05. The topological polar surface area (TPSA) is 107 Å². The van der Waals surface area contributed by atoms with Gasteiger partial charge in [0.05, 0.1) is 10.9 Å². The number of hydrogen-bond acceptors (Lipinski definition) is 5. The summed E-state index contributed by atoms with van der Waals surface area (Å²) >= 11 is 0. The van der Waals surface area contributed by atoms with E-state index in [4.69, 9.17) is 10.6 Å². The molecule has 0 spiro atoms. The van der Waals surface area contributed by atoms with Crippen LogP contribution in [-0.2, 0) is 4.79 Å². The Morgan fingerprint density at radius 2 is 2.00 bits per heavy atom. The molecule has 0 saturated carbocycles. The molecular formula is C11H10N4O3. The Hall–Kier alpha value is -2.70. The number of carbonyl (C=O) groups excluding carboxylic acids is 2. The van der Waals surface area contributed by atoms with Gasteiger partial charge in [0.25, 0.3) is 11.8 Å². The van der Waals surface area contributed by atoms with Gasteiger partial charge in [0.15, 0.2) is 0 Å². The summed E-state index contributed by atoms with van der Waals surface area (Å²) in [5.74, 6) is -1.26. The third-order valence-corrected chi connectivity index (χ3v) is 2.08. The molecule has 92 valence electrons. The molecule has 7 heteroatoms. The second-order valence-corrected chi connectivity index (χ2v) is 3.49. The maximum atomic E-state index is 11.1. The fourth-order valence-electron chi connectivity index (χ4n) is 1.36. The second-order valence-electron chi connectivity index (χ2n) is 3.49. The molecule has 7 nitrogen and oxygen atoms in total. The number of primary amides is 1. The summed E-state index contributed by atoms with van der Waals surface area (Å²) in [6.07, 6.45) is 0. The van der Waals surface area contributed by atoms with Crippen molar-refractivity contribution in [3.05, 3.63) is 30.1 Å². The summed E-state index contributed by atoms with van der Waals surface area (Å²) in [4.78, 5) is 34.7. The van der Waals surface area contributed by atoms with Crippen LogP contribution in [0.15, 0.2) is 24.3 Å². The maximum Gasteiger partial charge on any atom is 0.286 e. The van der Waals surface area contributed by atoms with Gasteiger partial charge < -0.3 is 10.6 Å². The molecule has 1 heterocycles. The molecule has 0 atom stereocenters. The number of fused-ring (bicyclic) bond motifs is 1. The minimum Gasteiger partial charge on any atom is -0.363 e. The highest BCUT2D eigenvalue weighted by molar-refractivity contribution is 5.93. The van der Waals surface area contributed by atoms with Crippen molar-refractivity contribution in [1.29, 1.82) is 0 Å².